The molecule has 0 fully saturated rings. The van der Waals surface area contributed by atoms with Crippen LogP contribution in [0.5, 0.6) is 5.75 Å². The second-order valence-corrected chi connectivity index (χ2v) is 4.46. The van der Waals surface area contributed by atoms with E-state index in [-0.39, 0.29) is 5.56 Å². The Morgan fingerprint density at radius 1 is 1.30 bits per heavy atom. The summed E-state index contributed by atoms with van der Waals surface area (Å²) in [4.78, 5) is 0. The summed E-state index contributed by atoms with van der Waals surface area (Å²) in [6.07, 6.45) is 0. The number of methoxy groups -OCH3 is 1. The van der Waals surface area contributed by atoms with Gasteiger partial charge in [-0.15, -0.1) is 0 Å². The molecule has 0 unspecified atom stereocenters. The number of hydrogen-bond donors (Lipinski definition) is 1. The van der Waals surface area contributed by atoms with Crippen molar-refractivity contribution in [2.24, 2.45) is 0 Å². The van der Waals surface area contributed by atoms with Crippen LogP contribution in [0.2, 0.25) is 5.02 Å². The van der Waals surface area contributed by atoms with E-state index in [1.807, 2.05) is 6.07 Å². The van der Waals surface area contributed by atoms with E-state index in [1.54, 1.807) is 37.4 Å². The SMILES string of the molecule is COc1cccc(Cl)c1CNc1cccc(F)c1C#N. The topological polar surface area (TPSA) is 45.0 Å². The van der Waals surface area contributed by atoms with Gasteiger partial charge in [0.05, 0.1) is 12.8 Å². The summed E-state index contributed by atoms with van der Waals surface area (Å²) in [5, 5.41) is 12.5. The van der Waals surface area contributed by atoms with Crippen molar-refractivity contribution >= 4 is 17.3 Å². The molecule has 2 rings (SSSR count). The molecule has 0 aliphatic rings. The molecule has 5 heteroatoms. The van der Waals surface area contributed by atoms with E-state index >= 15 is 0 Å². The first-order valence-corrected chi connectivity index (χ1v) is 6.29. The van der Waals surface area contributed by atoms with Gasteiger partial charge in [-0.1, -0.05) is 23.7 Å². The van der Waals surface area contributed by atoms with Crippen LogP contribution in [-0.2, 0) is 6.54 Å². The molecule has 0 atom stereocenters. The summed E-state index contributed by atoms with van der Waals surface area (Å²) in [6.45, 7) is 0.334. The molecular formula is C15H12ClFN2O. The third-order valence-corrected chi connectivity index (χ3v) is 3.23. The van der Waals surface area contributed by atoms with Crippen LogP contribution in [0.15, 0.2) is 36.4 Å². The summed E-state index contributed by atoms with van der Waals surface area (Å²) in [5.74, 6) is 0.0866. The molecule has 0 spiro atoms. The lowest BCUT2D eigenvalue weighted by molar-refractivity contribution is 0.410. The highest BCUT2D eigenvalue weighted by molar-refractivity contribution is 6.31. The fraction of sp³-hybridized carbons (Fsp3) is 0.133. The van der Waals surface area contributed by atoms with Gasteiger partial charge in [-0.25, -0.2) is 4.39 Å². The van der Waals surface area contributed by atoms with E-state index in [1.165, 1.54) is 6.07 Å². The minimum Gasteiger partial charge on any atom is -0.496 e. The molecule has 0 aliphatic carbocycles. The molecule has 0 amide bonds. The van der Waals surface area contributed by atoms with Gasteiger partial charge in [-0.3, -0.25) is 0 Å². The van der Waals surface area contributed by atoms with Crippen LogP contribution in [0.4, 0.5) is 10.1 Å². The predicted molar refractivity (Wildman–Crippen MR) is 76.4 cm³/mol. The van der Waals surface area contributed by atoms with Crippen LogP contribution in [0.1, 0.15) is 11.1 Å². The number of halogens is 2. The third kappa shape index (κ3) is 2.84. The monoisotopic (exact) mass is 290 g/mol. The average Bonchev–Trinajstić information content (AvgIpc) is 2.45. The largest absolute Gasteiger partial charge is 0.496 e. The van der Waals surface area contributed by atoms with Crippen LogP contribution >= 0.6 is 11.6 Å². The number of nitrogens with zero attached hydrogens (tertiary/aromatic N) is 1. The zero-order valence-electron chi connectivity index (χ0n) is 10.8. The fourth-order valence-electron chi connectivity index (χ4n) is 1.87. The van der Waals surface area contributed by atoms with Crippen molar-refractivity contribution in [1.29, 1.82) is 5.26 Å². The molecule has 0 saturated heterocycles. The molecule has 1 N–H and O–H groups in total. The van der Waals surface area contributed by atoms with Gasteiger partial charge in [0.15, 0.2) is 0 Å². The molecule has 2 aromatic carbocycles. The molecule has 3 nitrogen and oxygen atoms in total. The molecule has 0 radical (unpaired) electrons. The summed E-state index contributed by atoms with van der Waals surface area (Å²) in [7, 11) is 1.55. The van der Waals surface area contributed by atoms with Crippen molar-refractivity contribution in [3.63, 3.8) is 0 Å². The van der Waals surface area contributed by atoms with E-state index in [0.29, 0.717) is 23.0 Å². The first-order chi connectivity index (χ1) is 9.67. The smallest absolute Gasteiger partial charge is 0.143 e. The zero-order valence-corrected chi connectivity index (χ0v) is 11.5. The van der Waals surface area contributed by atoms with Crippen molar-refractivity contribution in [3.05, 3.63) is 58.4 Å². The number of hydrogen-bond acceptors (Lipinski definition) is 3. The Labute approximate surface area is 121 Å². The van der Waals surface area contributed by atoms with Crippen molar-refractivity contribution < 1.29 is 9.13 Å². The van der Waals surface area contributed by atoms with Gasteiger partial charge in [0.2, 0.25) is 0 Å². The van der Waals surface area contributed by atoms with E-state index < -0.39 is 5.82 Å². The minimum atomic E-state index is -0.552. The summed E-state index contributed by atoms with van der Waals surface area (Å²) < 4.78 is 18.7. The molecule has 0 aliphatic heterocycles. The maximum absolute atomic E-state index is 13.5. The number of nitrogens with one attached hydrogen (secondary N) is 1. The van der Waals surface area contributed by atoms with Crippen LogP contribution in [0, 0.1) is 17.1 Å². The van der Waals surface area contributed by atoms with Crippen molar-refractivity contribution in [1.82, 2.24) is 0 Å². The lowest BCUT2D eigenvalue weighted by atomic mass is 10.1. The predicted octanol–water partition coefficient (Wildman–Crippen LogP) is 3.97. The lowest BCUT2D eigenvalue weighted by Gasteiger charge is -2.13. The Balaban J connectivity index is 2.26. The van der Waals surface area contributed by atoms with E-state index in [0.717, 1.165) is 5.56 Å². The van der Waals surface area contributed by atoms with Crippen molar-refractivity contribution in [3.8, 4) is 11.8 Å². The molecule has 102 valence electrons. The second-order valence-electron chi connectivity index (χ2n) is 4.05. The molecule has 2 aromatic rings. The van der Waals surface area contributed by atoms with Gasteiger partial charge in [0.1, 0.15) is 23.2 Å². The number of nitriles is 1. The van der Waals surface area contributed by atoms with E-state index in [9.17, 15) is 4.39 Å². The molecule has 0 aromatic heterocycles. The Morgan fingerprint density at radius 2 is 2.05 bits per heavy atom. The Hall–Kier alpha value is -2.25. The third-order valence-electron chi connectivity index (χ3n) is 2.88. The lowest BCUT2D eigenvalue weighted by Crippen LogP contribution is -2.04. The van der Waals surface area contributed by atoms with Gasteiger partial charge >= 0.3 is 0 Å². The Kier molecular flexibility index (Phi) is 4.44. The number of benzene rings is 2. The average molecular weight is 291 g/mol. The van der Waals surface area contributed by atoms with Gasteiger partial charge in [0.25, 0.3) is 0 Å². The number of anilines is 1. The molecule has 0 bridgehead atoms. The van der Waals surface area contributed by atoms with Gasteiger partial charge in [-0.2, -0.15) is 5.26 Å². The maximum atomic E-state index is 13.5. The van der Waals surface area contributed by atoms with Crippen molar-refractivity contribution in [2.75, 3.05) is 12.4 Å². The second kappa shape index (κ2) is 6.27. The molecule has 20 heavy (non-hydrogen) atoms. The first kappa shape index (κ1) is 14.2. The Bertz CT molecular complexity index is 667. The van der Waals surface area contributed by atoms with Crippen molar-refractivity contribution in [2.45, 2.75) is 6.54 Å². The number of ether oxygens (including phenoxy) is 1. The fourth-order valence-corrected chi connectivity index (χ4v) is 2.10. The van der Waals surface area contributed by atoms with Gasteiger partial charge in [-0.05, 0) is 24.3 Å². The van der Waals surface area contributed by atoms with E-state index in [4.69, 9.17) is 21.6 Å². The molecule has 0 heterocycles. The molecular weight excluding hydrogens is 279 g/mol. The van der Waals surface area contributed by atoms with Crippen LogP contribution in [0.3, 0.4) is 0 Å². The maximum Gasteiger partial charge on any atom is 0.143 e. The zero-order chi connectivity index (χ0) is 14.5. The van der Waals surface area contributed by atoms with E-state index in [2.05, 4.69) is 5.32 Å². The summed E-state index contributed by atoms with van der Waals surface area (Å²) >= 11 is 6.12. The van der Waals surface area contributed by atoms with Gasteiger partial charge in [0, 0.05) is 17.1 Å². The van der Waals surface area contributed by atoms with Gasteiger partial charge < -0.3 is 10.1 Å². The standard InChI is InChI=1S/C15H12ClFN2O/c1-20-15-7-2-4-12(16)11(15)9-19-14-6-3-5-13(17)10(14)8-18/h2-7,19H,9H2,1H3. The number of rotatable bonds is 4. The van der Waals surface area contributed by atoms with Crippen LogP contribution in [0.25, 0.3) is 0 Å². The first-order valence-electron chi connectivity index (χ1n) is 5.91. The minimum absolute atomic E-state index is 0.0153. The quantitative estimate of drug-likeness (QED) is 0.926. The highest BCUT2D eigenvalue weighted by Gasteiger charge is 2.10. The Morgan fingerprint density at radius 3 is 2.75 bits per heavy atom. The highest BCUT2D eigenvalue weighted by Crippen LogP contribution is 2.28. The van der Waals surface area contributed by atoms with Crippen LogP contribution < -0.4 is 10.1 Å². The summed E-state index contributed by atoms with van der Waals surface area (Å²) in [6, 6.07) is 11.6. The molecule has 0 saturated carbocycles. The van der Waals surface area contributed by atoms with Crippen LogP contribution in [-0.4, -0.2) is 7.11 Å². The highest BCUT2D eigenvalue weighted by atomic mass is 35.5. The normalized spacial score (nSPS) is 9.90. The summed E-state index contributed by atoms with van der Waals surface area (Å²) in [5.41, 5.74) is 1.16.